The van der Waals surface area contributed by atoms with Gasteiger partial charge in [-0.15, -0.1) is 0 Å². The lowest BCUT2D eigenvalue weighted by molar-refractivity contribution is 0.125. The molecule has 0 aliphatic carbocycles. The Morgan fingerprint density at radius 1 is 1.24 bits per heavy atom. The molecule has 0 saturated heterocycles. The van der Waals surface area contributed by atoms with Gasteiger partial charge in [-0.25, -0.2) is 4.57 Å². The third kappa shape index (κ3) is 5.07. The normalized spacial score (nSPS) is 17.6. The number of thioether (sulfide) groups is 1. The molecule has 0 N–H and O–H groups in total. The molecular formula is C17H19N2O4PS. The largest absolute Gasteiger partial charge is 0.550 e. The van der Waals surface area contributed by atoms with Crippen LogP contribution in [0.1, 0.15) is 25.0 Å². The Morgan fingerprint density at radius 2 is 1.92 bits per heavy atom. The number of hydrogen-bond donors (Lipinski definition) is 0. The molecule has 0 unspecified atom stereocenters. The maximum absolute atomic E-state index is 12.2. The van der Waals surface area contributed by atoms with Crippen LogP contribution < -0.4 is 0 Å². The van der Waals surface area contributed by atoms with Crippen LogP contribution in [0, 0.1) is 18.3 Å². The minimum atomic E-state index is -3.70. The molecule has 0 fully saturated rings. The summed E-state index contributed by atoms with van der Waals surface area (Å²) < 4.78 is 27.3. The molecule has 1 aromatic carbocycles. The van der Waals surface area contributed by atoms with Gasteiger partial charge in [0.25, 0.3) is 0 Å². The summed E-state index contributed by atoms with van der Waals surface area (Å²) in [5.41, 5.74) is 2.44. The van der Waals surface area contributed by atoms with Crippen molar-refractivity contribution in [3.05, 3.63) is 52.4 Å². The van der Waals surface area contributed by atoms with E-state index in [-0.39, 0.29) is 13.2 Å². The van der Waals surface area contributed by atoms with Gasteiger partial charge in [0, 0.05) is 4.91 Å². The van der Waals surface area contributed by atoms with Crippen LogP contribution in [0.2, 0.25) is 0 Å². The van der Waals surface area contributed by atoms with Crippen LogP contribution in [-0.2, 0) is 18.2 Å². The molecule has 0 bridgehead atoms. The molecular weight excluding hydrogens is 359 g/mol. The van der Waals surface area contributed by atoms with E-state index < -0.39 is 7.82 Å². The van der Waals surface area contributed by atoms with Crippen molar-refractivity contribution in [2.24, 2.45) is 5.16 Å². The van der Waals surface area contributed by atoms with Crippen LogP contribution in [0.3, 0.4) is 0 Å². The zero-order chi connectivity index (χ0) is 18.3. The zero-order valence-electron chi connectivity index (χ0n) is 14.3. The Balaban J connectivity index is 2.20. The number of phosphoric acid groups is 1. The van der Waals surface area contributed by atoms with Crippen molar-refractivity contribution in [2.45, 2.75) is 20.8 Å². The highest BCUT2D eigenvalue weighted by Crippen LogP contribution is 2.50. The van der Waals surface area contributed by atoms with Gasteiger partial charge in [-0.1, -0.05) is 41.2 Å². The molecule has 25 heavy (non-hydrogen) atoms. The molecule has 0 radical (unpaired) electrons. The monoisotopic (exact) mass is 378 g/mol. The molecule has 8 heteroatoms. The van der Waals surface area contributed by atoms with Crippen molar-refractivity contribution in [3.8, 4) is 6.07 Å². The first-order chi connectivity index (χ1) is 12.0. The summed E-state index contributed by atoms with van der Waals surface area (Å²) in [5, 5.41) is 13.9. The van der Waals surface area contributed by atoms with E-state index in [1.54, 1.807) is 26.0 Å². The molecule has 0 aromatic heterocycles. The summed E-state index contributed by atoms with van der Waals surface area (Å²) in [6, 6.07) is 9.92. The summed E-state index contributed by atoms with van der Waals surface area (Å²) in [6.07, 6.45) is 3.47. The highest BCUT2D eigenvalue weighted by Gasteiger charge is 2.28. The van der Waals surface area contributed by atoms with Crippen molar-refractivity contribution in [1.82, 2.24) is 0 Å². The van der Waals surface area contributed by atoms with Crippen molar-refractivity contribution in [1.29, 1.82) is 5.26 Å². The second-order valence-corrected chi connectivity index (χ2v) is 7.53. The van der Waals surface area contributed by atoms with Gasteiger partial charge in [0.15, 0.2) is 0 Å². The summed E-state index contributed by atoms with van der Waals surface area (Å²) in [5.74, 6) is 0. The lowest BCUT2D eigenvalue weighted by atomic mass is 10.0. The number of aryl methyl sites for hydroxylation is 1. The smallest absolute Gasteiger partial charge is 0.291 e. The van der Waals surface area contributed by atoms with E-state index in [9.17, 15) is 9.83 Å². The van der Waals surface area contributed by atoms with Crippen LogP contribution in [0.5, 0.6) is 0 Å². The van der Waals surface area contributed by atoms with Gasteiger partial charge in [-0.3, -0.25) is 13.7 Å². The molecule has 0 atom stereocenters. The first-order valence-electron chi connectivity index (χ1n) is 7.75. The van der Waals surface area contributed by atoms with E-state index in [4.69, 9.17) is 13.7 Å². The van der Waals surface area contributed by atoms with Gasteiger partial charge < -0.3 is 0 Å². The molecule has 0 saturated carbocycles. The highest BCUT2D eigenvalue weighted by molar-refractivity contribution is 8.18. The van der Waals surface area contributed by atoms with Gasteiger partial charge in [-0.2, -0.15) is 5.26 Å². The van der Waals surface area contributed by atoms with Crippen LogP contribution in [0.4, 0.5) is 0 Å². The molecule has 1 aliphatic heterocycles. The Morgan fingerprint density at radius 3 is 2.52 bits per heavy atom. The lowest BCUT2D eigenvalue weighted by Crippen LogP contribution is -1.98. The number of allylic oxidation sites excluding steroid dienone is 2. The zero-order valence-corrected chi connectivity index (χ0v) is 16.0. The van der Waals surface area contributed by atoms with Crippen LogP contribution in [0.25, 0.3) is 5.57 Å². The van der Waals surface area contributed by atoms with Gasteiger partial charge in [-0.05, 0) is 44.1 Å². The van der Waals surface area contributed by atoms with E-state index in [0.717, 1.165) is 16.0 Å². The quantitative estimate of drug-likeness (QED) is 0.375. The van der Waals surface area contributed by atoms with Gasteiger partial charge in [0.05, 0.1) is 18.8 Å². The molecule has 6 nitrogen and oxygen atoms in total. The second kappa shape index (κ2) is 9.02. The van der Waals surface area contributed by atoms with Crippen molar-refractivity contribution >= 4 is 30.2 Å². The van der Waals surface area contributed by atoms with Gasteiger partial charge in [0.1, 0.15) is 11.1 Å². The number of oxime groups is 1. The number of benzene rings is 1. The first-order valence-corrected chi connectivity index (χ1v) is 10.0. The minimum Gasteiger partial charge on any atom is -0.291 e. The molecule has 2 rings (SSSR count). The van der Waals surface area contributed by atoms with Gasteiger partial charge in [0.2, 0.25) is 0 Å². The second-order valence-electron chi connectivity index (χ2n) is 4.90. The third-order valence-corrected chi connectivity index (χ3v) is 5.58. The summed E-state index contributed by atoms with van der Waals surface area (Å²) in [7, 11) is -3.70. The van der Waals surface area contributed by atoms with Crippen molar-refractivity contribution < 1.29 is 18.2 Å². The van der Waals surface area contributed by atoms with E-state index in [1.165, 1.54) is 11.8 Å². The van der Waals surface area contributed by atoms with E-state index in [2.05, 4.69) is 11.2 Å². The van der Waals surface area contributed by atoms with Crippen LogP contribution >= 0.6 is 19.6 Å². The van der Waals surface area contributed by atoms with E-state index in [1.807, 2.05) is 31.2 Å². The predicted molar refractivity (Wildman–Crippen MR) is 99.8 cm³/mol. The number of nitrogens with zero attached hydrogens (tertiary/aromatic N) is 2. The van der Waals surface area contributed by atoms with Crippen molar-refractivity contribution in [3.63, 3.8) is 0 Å². The molecule has 132 valence electrons. The molecule has 1 aromatic rings. The fraction of sp³-hybridized carbons (Fsp3) is 0.294. The Bertz CT molecular complexity index is 801. The SMILES string of the molecule is CCOP(=O)(OCC)ON=C1C=CC(=C(C#N)c2ccccc2C)S1. The fourth-order valence-corrected chi connectivity index (χ4v) is 3.98. The van der Waals surface area contributed by atoms with Crippen molar-refractivity contribution in [2.75, 3.05) is 13.2 Å². The van der Waals surface area contributed by atoms with E-state index in [0.29, 0.717) is 10.6 Å². The molecule has 0 spiro atoms. The maximum Gasteiger partial charge on any atom is 0.550 e. The summed E-state index contributed by atoms with van der Waals surface area (Å²) in [4.78, 5) is 0.752. The number of rotatable bonds is 7. The highest BCUT2D eigenvalue weighted by atomic mass is 32.2. The molecule has 1 heterocycles. The summed E-state index contributed by atoms with van der Waals surface area (Å²) in [6.45, 7) is 5.70. The fourth-order valence-electron chi connectivity index (χ4n) is 2.10. The standard InChI is InChI=1S/C17H19N2O4PS/c1-4-21-24(20,22-5-2)23-19-17-11-10-16(25-17)15(12-18)14-9-7-6-8-13(14)3/h6-11H,4-5H2,1-3H3. The minimum absolute atomic E-state index is 0.183. The molecule has 0 amide bonds. The average Bonchev–Trinajstić information content (AvgIpc) is 3.05. The lowest BCUT2D eigenvalue weighted by Gasteiger charge is -2.12. The van der Waals surface area contributed by atoms with Crippen LogP contribution in [0.15, 0.2) is 46.5 Å². The summed E-state index contributed by atoms with van der Waals surface area (Å²) >= 11 is 1.26. The number of phosphoric ester groups is 1. The number of nitriles is 1. The Hall–Kier alpha value is -1.84. The Kier molecular flexibility index (Phi) is 7.03. The average molecular weight is 378 g/mol. The topological polar surface area (TPSA) is 80.9 Å². The van der Waals surface area contributed by atoms with Crippen LogP contribution in [-0.4, -0.2) is 18.3 Å². The predicted octanol–water partition coefficient (Wildman–Crippen LogP) is 5.04. The first kappa shape index (κ1) is 19.5. The third-order valence-electron chi connectivity index (χ3n) is 3.17. The Labute approximate surface area is 151 Å². The molecule has 1 aliphatic rings. The number of hydrogen-bond acceptors (Lipinski definition) is 7. The van der Waals surface area contributed by atoms with Gasteiger partial charge >= 0.3 is 7.82 Å². The maximum atomic E-state index is 12.2. The van der Waals surface area contributed by atoms with E-state index >= 15 is 0 Å².